The van der Waals surface area contributed by atoms with Crippen molar-refractivity contribution >= 4 is 45.5 Å². The minimum atomic E-state index is -0.794. The van der Waals surface area contributed by atoms with Crippen LogP contribution in [0.25, 0.3) is 6.08 Å². The third-order valence-corrected chi connectivity index (χ3v) is 6.22. The molecular formula is C27H23BrN2O5. The Balaban J connectivity index is 1.63. The Morgan fingerprint density at radius 3 is 2.40 bits per heavy atom. The van der Waals surface area contributed by atoms with Crippen LogP contribution in [0.2, 0.25) is 0 Å². The maximum atomic E-state index is 13.1. The lowest BCUT2D eigenvalue weighted by Gasteiger charge is -2.26. The van der Waals surface area contributed by atoms with E-state index in [1.165, 1.54) is 24.3 Å². The van der Waals surface area contributed by atoms with Gasteiger partial charge >= 0.3 is 6.03 Å². The van der Waals surface area contributed by atoms with Gasteiger partial charge in [-0.05, 0) is 82.4 Å². The number of rotatable bonds is 6. The molecule has 3 aromatic rings. The van der Waals surface area contributed by atoms with Gasteiger partial charge in [-0.1, -0.05) is 36.4 Å². The second-order valence-corrected chi connectivity index (χ2v) is 8.89. The first-order valence-electron chi connectivity index (χ1n) is 10.8. The molecule has 1 heterocycles. The predicted octanol–water partition coefficient (Wildman–Crippen LogP) is 5.32. The molecule has 0 aromatic heterocycles. The van der Waals surface area contributed by atoms with Crippen LogP contribution in [0.1, 0.15) is 22.3 Å². The van der Waals surface area contributed by atoms with Crippen LogP contribution in [0, 0.1) is 13.8 Å². The number of ether oxygens (including phenoxy) is 2. The SMILES string of the molecule is COc1cc(/C=C2\C(=O)NC(=O)N(c3ccccc3)C2=O)cc(Br)c1OCc1ccc(C)c(C)c1. The zero-order chi connectivity index (χ0) is 25.1. The number of carbonyl (C=O) groups excluding carboxylic acids is 3. The van der Waals surface area contributed by atoms with Crippen LogP contribution in [0.5, 0.6) is 11.5 Å². The maximum Gasteiger partial charge on any atom is 0.335 e. The van der Waals surface area contributed by atoms with Crippen LogP contribution in [-0.4, -0.2) is 25.0 Å². The molecule has 1 saturated heterocycles. The van der Waals surface area contributed by atoms with Gasteiger partial charge in [-0.15, -0.1) is 0 Å². The summed E-state index contributed by atoms with van der Waals surface area (Å²) in [4.78, 5) is 38.8. The number of amides is 4. The lowest BCUT2D eigenvalue weighted by atomic mass is 10.1. The van der Waals surface area contributed by atoms with Crippen LogP contribution in [0.4, 0.5) is 10.5 Å². The number of anilines is 1. The van der Waals surface area contributed by atoms with Crippen LogP contribution in [-0.2, 0) is 16.2 Å². The normalized spacial score (nSPS) is 14.8. The van der Waals surface area contributed by atoms with E-state index < -0.39 is 17.8 Å². The molecule has 0 aliphatic carbocycles. The highest BCUT2D eigenvalue weighted by molar-refractivity contribution is 9.10. The fourth-order valence-corrected chi connectivity index (χ4v) is 4.22. The van der Waals surface area contributed by atoms with Crippen LogP contribution in [0.3, 0.4) is 0 Å². The number of hydrogen-bond acceptors (Lipinski definition) is 5. The molecule has 4 rings (SSSR count). The average molecular weight is 535 g/mol. The number of methoxy groups -OCH3 is 1. The highest BCUT2D eigenvalue weighted by Gasteiger charge is 2.36. The quantitative estimate of drug-likeness (QED) is 0.341. The molecule has 178 valence electrons. The van der Waals surface area contributed by atoms with E-state index in [4.69, 9.17) is 9.47 Å². The van der Waals surface area contributed by atoms with Crippen molar-refractivity contribution in [2.24, 2.45) is 0 Å². The lowest BCUT2D eigenvalue weighted by Crippen LogP contribution is -2.54. The molecule has 0 spiro atoms. The number of imide groups is 2. The Morgan fingerprint density at radius 1 is 0.971 bits per heavy atom. The van der Waals surface area contributed by atoms with Gasteiger partial charge in [0, 0.05) is 0 Å². The molecule has 4 amide bonds. The molecule has 35 heavy (non-hydrogen) atoms. The number of nitrogens with zero attached hydrogens (tertiary/aromatic N) is 1. The highest BCUT2D eigenvalue weighted by atomic mass is 79.9. The van der Waals surface area contributed by atoms with E-state index in [0.717, 1.165) is 10.5 Å². The third-order valence-electron chi connectivity index (χ3n) is 5.63. The standard InChI is InChI=1S/C27H23BrN2O5/c1-16-9-10-18(11-17(16)2)15-35-24-22(28)13-19(14-23(24)34-3)12-21-25(31)29-27(33)30(26(21)32)20-7-5-4-6-8-20/h4-14H,15H2,1-3H3,(H,29,31,33)/b21-12+. The highest BCUT2D eigenvalue weighted by Crippen LogP contribution is 2.38. The van der Waals surface area contributed by atoms with Gasteiger partial charge in [-0.2, -0.15) is 0 Å². The first-order chi connectivity index (χ1) is 16.8. The van der Waals surface area contributed by atoms with Gasteiger partial charge in [0.05, 0.1) is 17.3 Å². The van der Waals surface area contributed by atoms with Crippen molar-refractivity contribution < 1.29 is 23.9 Å². The lowest BCUT2D eigenvalue weighted by molar-refractivity contribution is -0.122. The van der Waals surface area contributed by atoms with Gasteiger partial charge in [-0.25, -0.2) is 9.69 Å². The van der Waals surface area contributed by atoms with Crippen molar-refractivity contribution in [3.05, 3.63) is 93.0 Å². The number of barbiturate groups is 1. The minimum Gasteiger partial charge on any atom is -0.493 e. The van der Waals surface area contributed by atoms with Crippen LogP contribution in [0.15, 0.2) is 70.7 Å². The van der Waals surface area contributed by atoms with Crippen molar-refractivity contribution in [2.75, 3.05) is 12.0 Å². The average Bonchev–Trinajstić information content (AvgIpc) is 2.83. The van der Waals surface area contributed by atoms with Gasteiger partial charge in [0.2, 0.25) is 0 Å². The molecule has 0 bridgehead atoms. The Bertz CT molecular complexity index is 1350. The number of nitrogens with one attached hydrogen (secondary N) is 1. The molecule has 0 radical (unpaired) electrons. The van der Waals surface area contributed by atoms with E-state index in [9.17, 15) is 14.4 Å². The molecular weight excluding hydrogens is 512 g/mol. The summed E-state index contributed by atoms with van der Waals surface area (Å²) in [6.45, 7) is 4.44. The zero-order valence-electron chi connectivity index (χ0n) is 19.4. The second kappa shape index (κ2) is 10.1. The summed E-state index contributed by atoms with van der Waals surface area (Å²) in [7, 11) is 1.51. The third kappa shape index (κ3) is 5.12. The monoisotopic (exact) mass is 534 g/mol. The number of aryl methyl sites for hydroxylation is 2. The summed E-state index contributed by atoms with van der Waals surface area (Å²) in [5, 5.41) is 2.22. The number of benzene rings is 3. The zero-order valence-corrected chi connectivity index (χ0v) is 21.0. The molecule has 1 aliphatic heterocycles. The first-order valence-corrected chi connectivity index (χ1v) is 11.6. The molecule has 7 nitrogen and oxygen atoms in total. The van der Waals surface area contributed by atoms with Crippen molar-refractivity contribution in [2.45, 2.75) is 20.5 Å². The predicted molar refractivity (Wildman–Crippen MR) is 136 cm³/mol. The Labute approximate surface area is 211 Å². The smallest absolute Gasteiger partial charge is 0.335 e. The summed E-state index contributed by atoms with van der Waals surface area (Å²) in [5.74, 6) is -0.560. The Morgan fingerprint density at radius 2 is 1.71 bits per heavy atom. The van der Waals surface area contributed by atoms with Crippen molar-refractivity contribution in [3.8, 4) is 11.5 Å². The topological polar surface area (TPSA) is 84.9 Å². The number of halogens is 1. The van der Waals surface area contributed by atoms with E-state index >= 15 is 0 Å². The largest absolute Gasteiger partial charge is 0.493 e. The van der Waals surface area contributed by atoms with E-state index in [-0.39, 0.29) is 5.57 Å². The van der Waals surface area contributed by atoms with Crippen LogP contribution < -0.4 is 19.7 Å². The first kappa shape index (κ1) is 24.2. The van der Waals surface area contributed by atoms with Gasteiger partial charge in [0.15, 0.2) is 11.5 Å². The second-order valence-electron chi connectivity index (χ2n) is 8.03. The van der Waals surface area contributed by atoms with E-state index in [2.05, 4.69) is 34.2 Å². The molecule has 0 saturated carbocycles. The Kier molecular flexibility index (Phi) is 7.02. The van der Waals surface area contributed by atoms with Gasteiger partial charge in [0.1, 0.15) is 12.2 Å². The summed E-state index contributed by atoms with van der Waals surface area (Å²) in [6, 6.07) is 17.1. The van der Waals surface area contributed by atoms with E-state index in [1.807, 2.05) is 19.1 Å². The molecule has 0 atom stereocenters. The minimum absolute atomic E-state index is 0.175. The number of hydrogen-bond donors (Lipinski definition) is 1. The summed E-state index contributed by atoms with van der Waals surface area (Å²) in [6.07, 6.45) is 1.42. The molecule has 8 heteroatoms. The van der Waals surface area contributed by atoms with E-state index in [0.29, 0.717) is 33.8 Å². The number of para-hydroxylation sites is 1. The molecule has 1 aliphatic rings. The van der Waals surface area contributed by atoms with Crippen molar-refractivity contribution in [1.29, 1.82) is 0 Å². The summed E-state index contributed by atoms with van der Waals surface area (Å²) >= 11 is 3.51. The maximum absolute atomic E-state index is 13.1. The van der Waals surface area contributed by atoms with Crippen LogP contribution >= 0.6 is 15.9 Å². The number of urea groups is 1. The van der Waals surface area contributed by atoms with Gasteiger partial charge in [-0.3, -0.25) is 14.9 Å². The van der Waals surface area contributed by atoms with Crippen molar-refractivity contribution in [3.63, 3.8) is 0 Å². The summed E-state index contributed by atoms with van der Waals surface area (Å²) in [5.41, 5.74) is 4.11. The van der Waals surface area contributed by atoms with E-state index in [1.54, 1.807) is 42.5 Å². The Hall–Kier alpha value is -3.91. The molecule has 1 N–H and O–H groups in total. The van der Waals surface area contributed by atoms with Gasteiger partial charge in [0.25, 0.3) is 11.8 Å². The fraction of sp³-hybridized carbons (Fsp3) is 0.148. The fourth-order valence-electron chi connectivity index (χ4n) is 3.65. The van der Waals surface area contributed by atoms with Gasteiger partial charge < -0.3 is 9.47 Å². The molecule has 0 unspecified atom stereocenters. The molecule has 3 aromatic carbocycles. The molecule has 1 fully saturated rings. The van der Waals surface area contributed by atoms with Crippen molar-refractivity contribution in [1.82, 2.24) is 5.32 Å². The summed E-state index contributed by atoms with van der Waals surface area (Å²) < 4.78 is 12.1. The number of carbonyl (C=O) groups is 3.